The number of carbonyl (C=O) groups is 2. The van der Waals surface area contributed by atoms with E-state index in [0.717, 1.165) is 29.4 Å². The van der Waals surface area contributed by atoms with Crippen molar-refractivity contribution in [2.24, 2.45) is 0 Å². The van der Waals surface area contributed by atoms with Crippen LogP contribution in [0.3, 0.4) is 0 Å². The maximum Gasteiger partial charge on any atom is 0.410 e. The Morgan fingerprint density at radius 1 is 1.15 bits per heavy atom. The van der Waals surface area contributed by atoms with E-state index in [4.69, 9.17) is 9.47 Å². The summed E-state index contributed by atoms with van der Waals surface area (Å²) < 4.78 is 13.0. The van der Waals surface area contributed by atoms with Crippen molar-refractivity contribution in [2.75, 3.05) is 18.5 Å². The zero-order valence-electron chi connectivity index (χ0n) is 22.8. The molecule has 11 nitrogen and oxygen atoms in total. The van der Waals surface area contributed by atoms with Crippen molar-refractivity contribution < 1.29 is 19.1 Å². The van der Waals surface area contributed by atoms with Crippen LogP contribution in [0.15, 0.2) is 48.8 Å². The maximum absolute atomic E-state index is 13.4. The number of carbonyl (C=O) groups excluding carboxylic acids is 2. The van der Waals surface area contributed by atoms with Gasteiger partial charge in [0.1, 0.15) is 11.4 Å². The fraction of sp³-hybridized carbons (Fsp3) is 0.393. The van der Waals surface area contributed by atoms with Crippen LogP contribution in [0.2, 0.25) is 0 Å². The first-order valence-corrected chi connectivity index (χ1v) is 13.0. The monoisotopic (exact) mass is 531 g/mol. The van der Waals surface area contributed by atoms with Crippen LogP contribution in [0, 0.1) is 0 Å². The van der Waals surface area contributed by atoms with E-state index in [1.165, 1.54) is 4.90 Å². The highest BCUT2D eigenvalue weighted by molar-refractivity contribution is 5.99. The quantitative estimate of drug-likeness (QED) is 0.326. The van der Waals surface area contributed by atoms with Crippen molar-refractivity contribution in [3.05, 3.63) is 60.3 Å². The Labute approximate surface area is 226 Å². The number of amides is 2. The second kappa shape index (κ2) is 10.4. The lowest BCUT2D eigenvalue weighted by Crippen LogP contribution is -2.34. The molecule has 0 saturated heterocycles. The molecule has 3 aromatic heterocycles. The number of nitrogens with one attached hydrogen (secondary N) is 1. The van der Waals surface area contributed by atoms with E-state index in [1.54, 1.807) is 41.0 Å². The van der Waals surface area contributed by atoms with Crippen LogP contribution in [-0.4, -0.2) is 61.0 Å². The number of anilines is 1. The predicted molar refractivity (Wildman–Crippen MR) is 146 cm³/mol. The largest absolute Gasteiger partial charge is 0.444 e. The first-order valence-electron chi connectivity index (χ1n) is 13.0. The number of hydrogen-bond acceptors (Lipinski definition) is 7. The van der Waals surface area contributed by atoms with E-state index in [1.807, 2.05) is 52.0 Å². The Bertz CT molecular complexity index is 1500. The molecule has 5 rings (SSSR count). The summed E-state index contributed by atoms with van der Waals surface area (Å²) in [5.41, 5.74) is 1.25. The molecule has 204 valence electrons. The molecule has 39 heavy (non-hydrogen) atoms. The Kier molecular flexibility index (Phi) is 6.98. The van der Waals surface area contributed by atoms with E-state index in [0.29, 0.717) is 35.7 Å². The maximum atomic E-state index is 13.4. The first kappa shape index (κ1) is 26.2. The minimum absolute atomic E-state index is 0.169. The van der Waals surface area contributed by atoms with E-state index in [2.05, 4.69) is 20.2 Å². The molecule has 1 aliphatic rings. The third-order valence-corrected chi connectivity index (χ3v) is 6.28. The molecule has 0 radical (unpaired) electrons. The van der Waals surface area contributed by atoms with Gasteiger partial charge in [-0.2, -0.15) is 10.1 Å². The van der Waals surface area contributed by atoms with E-state index >= 15 is 0 Å². The van der Waals surface area contributed by atoms with Gasteiger partial charge in [-0.15, -0.1) is 0 Å². The minimum atomic E-state index is -0.591. The SMILES string of the molecule is CCN(C(=O)n1ccc2cc(Oc3ccnc(CN(C)C(=O)OC(C)(C)C)n3)ccc21)c1cc(C2CC2)[nH]n1. The van der Waals surface area contributed by atoms with Crippen molar-refractivity contribution >= 4 is 28.8 Å². The summed E-state index contributed by atoms with van der Waals surface area (Å²) in [6, 6.07) is 10.8. The van der Waals surface area contributed by atoms with Gasteiger partial charge in [0.15, 0.2) is 11.6 Å². The third-order valence-electron chi connectivity index (χ3n) is 6.28. The highest BCUT2D eigenvalue weighted by atomic mass is 16.6. The van der Waals surface area contributed by atoms with E-state index in [9.17, 15) is 9.59 Å². The average molecular weight is 532 g/mol. The fourth-order valence-electron chi connectivity index (χ4n) is 4.19. The van der Waals surface area contributed by atoms with Crippen molar-refractivity contribution in [3.8, 4) is 11.6 Å². The van der Waals surface area contributed by atoms with Gasteiger partial charge in [0.05, 0.1) is 12.1 Å². The van der Waals surface area contributed by atoms with Gasteiger partial charge in [-0.05, 0) is 64.8 Å². The number of fused-ring (bicyclic) bond motifs is 1. The highest BCUT2D eigenvalue weighted by Crippen LogP contribution is 2.40. The van der Waals surface area contributed by atoms with Crippen molar-refractivity contribution in [1.82, 2.24) is 29.6 Å². The van der Waals surface area contributed by atoms with Crippen LogP contribution < -0.4 is 9.64 Å². The molecular formula is C28H33N7O4. The van der Waals surface area contributed by atoms with Crippen LogP contribution in [0.1, 0.15) is 58.0 Å². The van der Waals surface area contributed by atoms with Crippen LogP contribution >= 0.6 is 0 Å². The summed E-state index contributed by atoms with van der Waals surface area (Å²) >= 11 is 0. The van der Waals surface area contributed by atoms with Crippen molar-refractivity contribution in [1.29, 1.82) is 0 Å². The zero-order chi connectivity index (χ0) is 27.7. The summed E-state index contributed by atoms with van der Waals surface area (Å²) in [5, 5.41) is 8.29. The number of H-pyrrole nitrogens is 1. The Balaban J connectivity index is 1.29. The van der Waals surface area contributed by atoms with Gasteiger partial charge in [0.2, 0.25) is 5.88 Å². The number of aromatic amines is 1. The number of hydrogen-bond donors (Lipinski definition) is 1. The van der Waals surface area contributed by atoms with E-state index in [-0.39, 0.29) is 12.6 Å². The highest BCUT2D eigenvalue weighted by Gasteiger charge is 2.28. The lowest BCUT2D eigenvalue weighted by Gasteiger charge is -2.24. The topological polar surface area (TPSA) is 118 Å². The summed E-state index contributed by atoms with van der Waals surface area (Å²) in [6.45, 7) is 8.04. The summed E-state index contributed by atoms with van der Waals surface area (Å²) in [7, 11) is 1.63. The summed E-state index contributed by atoms with van der Waals surface area (Å²) in [6.07, 6.45) is 5.20. The molecule has 11 heteroatoms. The van der Waals surface area contributed by atoms with Crippen LogP contribution in [-0.2, 0) is 11.3 Å². The van der Waals surface area contributed by atoms with Gasteiger partial charge in [0.25, 0.3) is 0 Å². The smallest absolute Gasteiger partial charge is 0.410 e. The van der Waals surface area contributed by atoms with Gasteiger partial charge in [-0.1, -0.05) is 0 Å². The van der Waals surface area contributed by atoms with Gasteiger partial charge in [0, 0.05) is 55.1 Å². The predicted octanol–water partition coefficient (Wildman–Crippen LogP) is 5.69. The zero-order valence-corrected chi connectivity index (χ0v) is 22.8. The molecule has 2 amide bonds. The van der Waals surface area contributed by atoms with Gasteiger partial charge in [-0.3, -0.25) is 14.6 Å². The molecule has 1 aliphatic carbocycles. The molecular weight excluding hydrogens is 498 g/mol. The molecule has 1 aromatic carbocycles. The number of rotatable bonds is 7. The second-order valence-corrected chi connectivity index (χ2v) is 10.6. The van der Waals surface area contributed by atoms with Crippen LogP contribution in [0.25, 0.3) is 10.9 Å². The van der Waals surface area contributed by atoms with Crippen LogP contribution in [0.5, 0.6) is 11.6 Å². The molecule has 0 bridgehead atoms. The number of nitrogens with zero attached hydrogens (tertiary/aromatic N) is 6. The minimum Gasteiger partial charge on any atom is -0.444 e. The molecule has 3 heterocycles. The lowest BCUT2D eigenvalue weighted by molar-refractivity contribution is 0.0280. The van der Waals surface area contributed by atoms with Gasteiger partial charge in [-0.25, -0.2) is 14.6 Å². The molecule has 0 atom stereocenters. The number of aromatic nitrogens is 5. The molecule has 0 aliphatic heterocycles. The third kappa shape index (κ3) is 6.02. The van der Waals surface area contributed by atoms with E-state index < -0.39 is 11.7 Å². The molecule has 0 spiro atoms. The lowest BCUT2D eigenvalue weighted by atomic mass is 10.2. The van der Waals surface area contributed by atoms with Gasteiger partial charge < -0.3 is 14.4 Å². The van der Waals surface area contributed by atoms with Crippen molar-refractivity contribution in [3.63, 3.8) is 0 Å². The first-order chi connectivity index (χ1) is 18.6. The number of ether oxygens (including phenoxy) is 2. The Hall–Kier alpha value is -4.41. The summed E-state index contributed by atoms with van der Waals surface area (Å²) in [4.78, 5) is 37.4. The Morgan fingerprint density at radius 3 is 2.67 bits per heavy atom. The molecule has 1 fully saturated rings. The van der Waals surface area contributed by atoms with Crippen molar-refractivity contribution in [2.45, 2.75) is 58.6 Å². The normalized spacial score (nSPS) is 13.4. The Morgan fingerprint density at radius 2 is 1.95 bits per heavy atom. The fourth-order valence-corrected chi connectivity index (χ4v) is 4.19. The molecule has 4 aromatic rings. The van der Waals surface area contributed by atoms with Gasteiger partial charge >= 0.3 is 12.1 Å². The second-order valence-electron chi connectivity index (χ2n) is 10.6. The molecule has 1 N–H and O–H groups in total. The number of benzene rings is 1. The molecule has 1 saturated carbocycles. The summed E-state index contributed by atoms with van der Waals surface area (Å²) in [5.74, 6) is 2.48. The van der Waals surface area contributed by atoms with Crippen LogP contribution in [0.4, 0.5) is 15.4 Å². The molecule has 0 unspecified atom stereocenters. The standard InChI is InChI=1S/C28H33N7O4/c1-6-34(24-16-21(31-32-24)18-7-8-18)26(36)35-14-12-19-15-20(9-10-22(19)35)38-25-11-13-29-23(30-25)17-33(5)27(37)39-28(2,3)4/h9-16,18H,6-8,17H2,1-5H3,(H,31,32). The average Bonchev–Trinajstić information content (AvgIpc) is 3.46.